The lowest BCUT2D eigenvalue weighted by molar-refractivity contribution is -0.152. The summed E-state index contributed by atoms with van der Waals surface area (Å²) in [5.74, 6) is 0. The summed E-state index contributed by atoms with van der Waals surface area (Å²) in [6, 6.07) is 0. The standard InChI is InChI=1S/C5H9F3O3S/c1-4(2)12(9,10)11-3-5(6,7)8/h4H,3H2,1-2H3. The summed E-state index contributed by atoms with van der Waals surface area (Å²) in [5, 5.41) is -0.958. The molecule has 0 bridgehead atoms. The first kappa shape index (κ1) is 11.7. The zero-order valence-corrected chi connectivity index (χ0v) is 7.37. The Balaban J connectivity index is 4.12. The molecule has 0 fully saturated rings. The Morgan fingerprint density at radius 2 is 1.75 bits per heavy atom. The van der Waals surface area contributed by atoms with Crippen molar-refractivity contribution in [1.82, 2.24) is 0 Å². The van der Waals surface area contributed by atoms with Crippen LogP contribution < -0.4 is 0 Å². The number of alkyl halides is 3. The van der Waals surface area contributed by atoms with Crippen molar-refractivity contribution in [2.45, 2.75) is 25.3 Å². The van der Waals surface area contributed by atoms with Gasteiger partial charge in [-0.05, 0) is 13.8 Å². The van der Waals surface area contributed by atoms with E-state index in [1.54, 1.807) is 0 Å². The molecule has 0 aromatic heterocycles. The van der Waals surface area contributed by atoms with Crippen molar-refractivity contribution < 1.29 is 25.8 Å². The first-order valence-electron chi connectivity index (χ1n) is 3.10. The van der Waals surface area contributed by atoms with Crippen LogP contribution in [0.5, 0.6) is 0 Å². The van der Waals surface area contributed by atoms with Crippen molar-refractivity contribution >= 4 is 10.1 Å². The Morgan fingerprint density at radius 1 is 1.33 bits per heavy atom. The lowest BCUT2D eigenvalue weighted by Crippen LogP contribution is -2.24. The molecule has 0 amide bonds. The van der Waals surface area contributed by atoms with E-state index in [1.165, 1.54) is 13.8 Å². The largest absolute Gasteiger partial charge is 0.413 e. The highest BCUT2D eigenvalue weighted by Gasteiger charge is 2.31. The van der Waals surface area contributed by atoms with Gasteiger partial charge in [0.2, 0.25) is 0 Å². The van der Waals surface area contributed by atoms with Gasteiger partial charge in [0.15, 0.2) is 6.61 Å². The highest BCUT2D eigenvalue weighted by atomic mass is 32.2. The summed E-state index contributed by atoms with van der Waals surface area (Å²) in [7, 11) is -4.05. The van der Waals surface area contributed by atoms with Crippen molar-refractivity contribution in [3.63, 3.8) is 0 Å². The molecule has 0 aliphatic heterocycles. The van der Waals surface area contributed by atoms with Gasteiger partial charge in [-0.15, -0.1) is 0 Å². The van der Waals surface area contributed by atoms with Crippen LogP contribution in [-0.2, 0) is 14.3 Å². The molecule has 0 heterocycles. The van der Waals surface area contributed by atoms with Gasteiger partial charge in [0, 0.05) is 0 Å². The quantitative estimate of drug-likeness (QED) is 0.654. The van der Waals surface area contributed by atoms with Crippen LogP contribution in [0.3, 0.4) is 0 Å². The van der Waals surface area contributed by atoms with Gasteiger partial charge in [-0.25, -0.2) is 0 Å². The summed E-state index contributed by atoms with van der Waals surface area (Å²) < 4.78 is 59.4. The maximum Gasteiger partial charge on any atom is 0.413 e. The van der Waals surface area contributed by atoms with Gasteiger partial charge >= 0.3 is 6.18 Å². The van der Waals surface area contributed by atoms with E-state index in [1.807, 2.05) is 0 Å². The van der Waals surface area contributed by atoms with Gasteiger partial charge in [-0.2, -0.15) is 21.6 Å². The lowest BCUT2D eigenvalue weighted by Gasteiger charge is -2.09. The van der Waals surface area contributed by atoms with E-state index in [4.69, 9.17) is 0 Å². The van der Waals surface area contributed by atoms with Gasteiger partial charge < -0.3 is 0 Å². The lowest BCUT2D eigenvalue weighted by atomic mass is 10.6. The molecule has 0 aromatic carbocycles. The monoisotopic (exact) mass is 206 g/mol. The minimum absolute atomic E-state index is 0.958. The number of halogens is 3. The molecular weight excluding hydrogens is 197 g/mol. The molecular formula is C5H9F3O3S. The predicted octanol–water partition coefficient (Wildman–Crippen LogP) is 1.30. The van der Waals surface area contributed by atoms with Crippen LogP contribution in [0.2, 0.25) is 0 Å². The Labute approximate surface area is 68.6 Å². The van der Waals surface area contributed by atoms with Crippen LogP contribution >= 0.6 is 0 Å². The van der Waals surface area contributed by atoms with E-state index in [2.05, 4.69) is 4.18 Å². The summed E-state index contributed by atoms with van der Waals surface area (Å²) in [5.41, 5.74) is 0. The first-order valence-corrected chi connectivity index (χ1v) is 4.57. The predicted molar refractivity (Wildman–Crippen MR) is 36.1 cm³/mol. The van der Waals surface area contributed by atoms with Gasteiger partial charge in [0.05, 0.1) is 5.25 Å². The average Bonchev–Trinajstić information content (AvgIpc) is 1.82. The summed E-state index contributed by atoms with van der Waals surface area (Å²) in [6.07, 6.45) is -4.61. The molecule has 0 saturated heterocycles. The molecule has 0 N–H and O–H groups in total. The van der Waals surface area contributed by atoms with E-state index in [0.29, 0.717) is 0 Å². The molecule has 0 radical (unpaired) electrons. The zero-order chi connectivity index (χ0) is 9.99. The maximum atomic E-state index is 11.5. The molecule has 0 unspecified atom stereocenters. The zero-order valence-electron chi connectivity index (χ0n) is 6.55. The van der Waals surface area contributed by atoms with E-state index in [-0.39, 0.29) is 0 Å². The molecule has 0 atom stereocenters. The molecule has 0 spiro atoms. The topological polar surface area (TPSA) is 43.4 Å². The Bertz CT molecular complexity index is 229. The molecule has 0 aliphatic rings. The van der Waals surface area contributed by atoms with E-state index in [9.17, 15) is 21.6 Å². The van der Waals surface area contributed by atoms with Crippen LogP contribution in [0, 0.1) is 0 Å². The second kappa shape index (κ2) is 3.61. The first-order chi connectivity index (χ1) is 5.15. The van der Waals surface area contributed by atoms with Crippen molar-refractivity contribution in [2.75, 3.05) is 6.61 Å². The van der Waals surface area contributed by atoms with Crippen LogP contribution in [0.25, 0.3) is 0 Å². The summed E-state index contributed by atoms with van der Waals surface area (Å²) in [4.78, 5) is 0. The van der Waals surface area contributed by atoms with Crippen LogP contribution in [-0.4, -0.2) is 26.5 Å². The van der Waals surface area contributed by atoms with E-state index >= 15 is 0 Å². The SMILES string of the molecule is CC(C)S(=O)(=O)OCC(F)(F)F. The normalized spacial score (nSPS) is 13.8. The third kappa shape index (κ3) is 4.55. The van der Waals surface area contributed by atoms with Crippen LogP contribution in [0.4, 0.5) is 13.2 Å². The minimum Gasteiger partial charge on any atom is -0.260 e. The third-order valence-electron chi connectivity index (χ3n) is 0.964. The molecule has 7 heteroatoms. The van der Waals surface area contributed by atoms with Crippen molar-refractivity contribution in [1.29, 1.82) is 0 Å². The Hall–Kier alpha value is -0.300. The smallest absolute Gasteiger partial charge is 0.260 e. The number of hydrogen-bond donors (Lipinski definition) is 0. The maximum absolute atomic E-state index is 11.5. The number of rotatable bonds is 3. The van der Waals surface area contributed by atoms with E-state index in [0.717, 1.165) is 0 Å². The molecule has 3 nitrogen and oxygen atoms in total. The van der Waals surface area contributed by atoms with Crippen molar-refractivity contribution in [3.8, 4) is 0 Å². The molecule has 0 rings (SSSR count). The second-order valence-corrected chi connectivity index (χ2v) is 4.58. The van der Waals surface area contributed by atoms with Gasteiger partial charge in [-0.1, -0.05) is 0 Å². The molecule has 0 aromatic rings. The molecule has 0 saturated carbocycles. The fraction of sp³-hybridized carbons (Fsp3) is 1.00. The van der Waals surface area contributed by atoms with Gasteiger partial charge in [-0.3, -0.25) is 4.18 Å². The van der Waals surface area contributed by atoms with Gasteiger partial charge in [0.25, 0.3) is 10.1 Å². The molecule has 0 aliphatic carbocycles. The Kier molecular flexibility index (Phi) is 3.52. The third-order valence-corrected chi connectivity index (χ3v) is 2.57. The number of hydrogen-bond acceptors (Lipinski definition) is 3. The highest BCUT2D eigenvalue weighted by molar-refractivity contribution is 7.87. The van der Waals surface area contributed by atoms with E-state index < -0.39 is 28.2 Å². The average molecular weight is 206 g/mol. The molecule has 74 valence electrons. The van der Waals surface area contributed by atoms with Crippen LogP contribution in [0.15, 0.2) is 0 Å². The summed E-state index contributed by atoms with van der Waals surface area (Å²) >= 11 is 0. The van der Waals surface area contributed by atoms with Crippen molar-refractivity contribution in [3.05, 3.63) is 0 Å². The van der Waals surface area contributed by atoms with Crippen molar-refractivity contribution in [2.24, 2.45) is 0 Å². The summed E-state index contributed by atoms with van der Waals surface area (Å²) in [6.45, 7) is 0.727. The minimum atomic E-state index is -4.61. The van der Waals surface area contributed by atoms with Gasteiger partial charge in [0.1, 0.15) is 0 Å². The fourth-order valence-electron chi connectivity index (χ4n) is 0.285. The van der Waals surface area contributed by atoms with Crippen LogP contribution in [0.1, 0.15) is 13.8 Å². The highest BCUT2D eigenvalue weighted by Crippen LogP contribution is 2.16. The fourth-order valence-corrected chi connectivity index (χ4v) is 0.855. The second-order valence-electron chi connectivity index (χ2n) is 2.42. The Morgan fingerprint density at radius 3 is 2.00 bits per heavy atom. The molecule has 12 heavy (non-hydrogen) atoms.